The van der Waals surface area contributed by atoms with Crippen LogP contribution >= 0.6 is 11.6 Å². The third kappa shape index (κ3) is 2.26. The Hall–Kier alpha value is -1.15. The minimum atomic E-state index is -0.498. The second-order valence-corrected chi connectivity index (χ2v) is 4.00. The van der Waals surface area contributed by atoms with E-state index in [1.165, 1.54) is 18.2 Å². The van der Waals surface area contributed by atoms with Crippen LogP contribution in [0.3, 0.4) is 0 Å². The molecule has 0 aliphatic heterocycles. The molecule has 0 aromatic heterocycles. The van der Waals surface area contributed by atoms with Gasteiger partial charge in [-0.05, 0) is 59.7 Å². The van der Waals surface area contributed by atoms with Gasteiger partial charge in [-0.2, -0.15) is 0 Å². The van der Waals surface area contributed by atoms with E-state index < -0.39 is 5.24 Å². The fraction of sp³-hybridized carbons (Fsp3) is 0.250. The molecule has 0 radical (unpaired) electrons. The van der Waals surface area contributed by atoms with E-state index in [2.05, 4.69) is 0 Å². The highest BCUT2D eigenvalue weighted by atomic mass is 35.5. The summed E-state index contributed by atoms with van der Waals surface area (Å²) in [5.41, 5.74) is 2.76. The van der Waals surface area contributed by atoms with Gasteiger partial charge in [0.1, 0.15) is 5.82 Å². The van der Waals surface area contributed by atoms with E-state index in [1.807, 2.05) is 0 Å². The molecule has 2 rings (SSSR count). The molecule has 0 atom stereocenters. The number of carbonyl (C=O) groups excluding carboxylic acids is 1. The SMILES string of the molecule is O=C(Cl)/C=C1\CCCc2ccc(F)cc21. The van der Waals surface area contributed by atoms with Crippen molar-refractivity contribution in [3.8, 4) is 0 Å². The van der Waals surface area contributed by atoms with Gasteiger partial charge in [-0.15, -0.1) is 0 Å². The number of halogens is 2. The number of hydrogen-bond acceptors (Lipinski definition) is 1. The number of hydrogen-bond donors (Lipinski definition) is 0. The molecule has 78 valence electrons. The highest BCUT2D eigenvalue weighted by molar-refractivity contribution is 6.67. The monoisotopic (exact) mass is 224 g/mol. The van der Waals surface area contributed by atoms with Gasteiger partial charge in [0.2, 0.25) is 5.24 Å². The summed E-state index contributed by atoms with van der Waals surface area (Å²) in [5.74, 6) is -0.274. The predicted octanol–water partition coefficient (Wildman–Crippen LogP) is 3.31. The van der Waals surface area contributed by atoms with Crippen LogP contribution in [-0.4, -0.2) is 5.24 Å². The van der Waals surface area contributed by atoms with Crippen LogP contribution in [0, 0.1) is 5.82 Å². The summed E-state index contributed by atoms with van der Waals surface area (Å²) in [4.78, 5) is 10.8. The zero-order valence-corrected chi connectivity index (χ0v) is 8.85. The van der Waals surface area contributed by atoms with E-state index in [0.717, 1.165) is 36.0 Å². The quantitative estimate of drug-likeness (QED) is 0.528. The van der Waals surface area contributed by atoms with E-state index >= 15 is 0 Å². The highest BCUT2D eigenvalue weighted by Gasteiger charge is 2.15. The van der Waals surface area contributed by atoms with Crippen molar-refractivity contribution in [3.05, 3.63) is 41.2 Å². The predicted molar refractivity (Wildman–Crippen MR) is 58.2 cm³/mol. The van der Waals surface area contributed by atoms with Gasteiger partial charge in [0.15, 0.2) is 0 Å². The maximum Gasteiger partial charge on any atom is 0.245 e. The second kappa shape index (κ2) is 4.15. The number of carbonyl (C=O) groups is 1. The van der Waals surface area contributed by atoms with Crippen LogP contribution < -0.4 is 0 Å². The Labute approximate surface area is 92.6 Å². The Balaban J connectivity index is 2.49. The lowest BCUT2D eigenvalue weighted by molar-refractivity contribution is -0.107. The standard InChI is InChI=1S/C12H10ClFO/c13-12(15)6-9-3-1-2-8-4-5-10(14)7-11(8)9/h4-7H,1-3H2/b9-6+. The van der Waals surface area contributed by atoms with Crippen molar-refractivity contribution in [2.45, 2.75) is 19.3 Å². The van der Waals surface area contributed by atoms with Gasteiger partial charge < -0.3 is 0 Å². The van der Waals surface area contributed by atoms with Gasteiger partial charge in [-0.1, -0.05) is 6.07 Å². The molecule has 3 heteroatoms. The summed E-state index contributed by atoms with van der Waals surface area (Å²) in [7, 11) is 0. The lowest BCUT2D eigenvalue weighted by atomic mass is 9.87. The second-order valence-electron chi connectivity index (χ2n) is 3.63. The number of fused-ring (bicyclic) bond motifs is 1. The molecule has 0 saturated carbocycles. The molecular formula is C12H10ClFO. The van der Waals surface area contributed by atoms with Gasteiger partial charge in [0.25, 0.3) is 0 Å². The lowest BCUT2D eigenvalue weighted by Crippen LogP contribution is -2.03. The van der Waals surface area contributed by atoms with Crippen molar-refractivity contribution in [1.29, 1.82) is 0 Å². The maximum absolute atomic E-state index is 13.1. The summed E-state index contributed by atoms with van der Waals surface area (Å²) in [6.45, 7) is 0. The average Bonchev–Trinajstić information content (AvgIpc) is 2.18. The van der Waals surface area contributed by atoms with E-state index in [1.54, 1.807) is 6.07 Å². The van der Waals surface area contributed by atoms with Crippen LogP contribution in [0.4, 0.5) is 4.39 Å². The third-order valence-electron chi connectivity index (χ3n) is 2.60. The van der Waals surface area contributed by atoms with Crippen molar-refractivity contribution in [3.63, 3.8) is 0 Å². The van der Waals surface area contributed by atoms with Crippen LogP contribution in [0.15, 0.2) is 24.3 Å². The summed E-state index contributed by atoms with van der Waals surface area (Å²) < 4.78 is 13.1. The Bertz CT molecular complexity index is 437. The van der Waals surface area contributed by atoms with E-state index in [-0.39, 0.29) is 5.82 Å². The first kappa shape index (κ1) is 10.4. The highest BCUT2D eigenvalue weighted by Crippen LogP contribution is 2.31. The molecule has 1 aliphatic carbocycles. The fourth-order valence-corrected chi connectivity index (χ4v) is 2.09. The maximum atomic E-state index is 13.1. The average molecular weight is 225 g/mol. The number of rotatable bonds is 1. The van der Waals surface area contributed by atoms with Gasteiger partial charge in [0.05, 0.1) is 0 Å². The molecule has 0 saturated heterocycles. The largest absolute Gasteiger partial charge is 0.276 e. The van der Waals surface area contributed by atoms with Gasteiger partial charge in [-0.3, -0.25) is 4.79 Å². The van der Waals surface area contributed by atoms with Crippen molar-refractivity contribution < 1.29 is 9.18 Å². The lowest BCUT2D eigenvalue weighted by Gasteiger charge is -2.18. The molecule has 1 aliphatic rings. The molecule has 0 spiro atoms. The molecular weight excluding hydrogens is 215 g/mol. The normalized spacial score (nSPS) is 17.6. The van der Waals surface area contributed by atoms with Gasteiger partial charge in [-0.25, -0.2) is 4.39 Å². The Morgan fingerprint density at radius 3 is 2.93 bits per heavy atom. The molecule has 15 heavy (non-hydrogen) atoms. The summed E-state index contributed by atoms with van der Waals surface area (Å²) in [6, 6.07) is 4.70. The first-order chi connectivity index (χ1) is 7.16. The first-order valence-corrected chi connectivity index (χ1v) is 5.23. The van der Waals surface area contributed by atoms with Crippen molar-refractivity contribution in [2.75, 3.05) is 0 Å². The van der Waals surface area contributed by atoms with Crippen LogP contribution in [0.2, 0.25) is 0 Å². The molecule has 0 amide bonds. The third-order valence-corrected chi connectivity index (χ3v) is 2.71. The minimum Gasteiger partial charge on any atom is -0.276 e. The van der Waals surface area contributed by atoms with Gasteiger partial charge in [0, 0.05) is 6.08 Å². The minimum absolute atomic E-state index is 0.274. The van der Waals surface area contributed by atoms with Crippen LogP contribution in [0.25, 0.3) is 5.57 Å². The fourth-order valence-electron chi connectivity index (χ4n) is 1.96. The van der Waals surface area contributed by atoms with Crippen molar-refractivity contribution >= 4 is 22.4 Å². The molecule has 0 unspecified atom stereocenters. The first-order valence-electron chi connectivity index (χ1n) is 4.85. The van der Waals surface area contributed by atoms with Crippen LogP contribution in [0.5, 0.6) is 0 Å². The van der Waals surface area contributed by atoms with Crippen molar-refractivity contribution in [1.82, 2.24) is 0 Å². The molecule has 1 aromatic rings. The summed E-state index contributed by atoms with van der Waals surface area (Å²) in [5, 5.41) is -0.498. The number of aryl methyl sites for hydroxylation is 1. The molecule has 1 nitrogen and oxygen atoms in total. The molecule has 0 fully saturated rings. The van der Waals surface area contributed by atoms with E-state index in [4.69, 9.17) is 11.6 Å². The van der Waals surface area contributed by atoms with Crippen LogP contribution in [0.1, 0.15) is 24.0 Å². The summed E-state index contributed by atoms with van der Waals surface area (Å²) in [6.07, 6.45) is 4.09. The zero-order chi connectivity index (χ0) is 10.8. The Kier molecular flexibility index (Phi) is 2.87. The number of allylic oxidation sites excluding steroid dienone is 2. The van der Waals surface area contributed by atoms with Crippen molar-refractivity contribution in [2.24, 2.45) is 0 Å². The molecule has 1 aromatic carbocycles. The Morgan fingerprint density at radius 1 is 1.40 bits per heavy atom. The molecule has 0 N–H and O–H groups in total. The van der Waals surface area contributed by atoms with E-state index in [9.17, 15) is 9.18 Å². The van der Waals surface area contributed by atoms with Crippen LogP contribution in [-0.2, 0) is 11.2 Å². The Morgan fingerprint density at radius 2 is 2.20 bits per heavy atom. The number of benzene rings is 1. The molecule has 0 bridgehead atoms. The summed E-state index contributed by atoms with van der Waals surface area (Å²) >= 11 is 5.31. The smallest absolute Gasteiger partial charge is 0.245 e. The molecule has 0 heterocycles. The van der Waals surface area contributed by atoms with E-state index in [0.29, 0.717) is 0 Å². The van der Waals surface area contributed by atoms with Gasteiger partial charge >= 0.3 is 0 Å². The topological polar surface area (TPSA) is 17.1 Å². The zero-order valence-electron chi connectivity index (χ0n) is 8.09.